The molecule has 1 heterocycles. The zero-order chi connectivity index (χ0) is 13.4. The molecule has 2 rings (SSSR count). The molecule has 1 fully saturated rings. The van der Waals surface area contributed by atoms with Crippen LogP contribution >= 0.6 is 0 Å². The maximum Gasteiger partial charge on any atom is 0.411 e. The average Bonchev–Trinajstić information content (AvgIpc) is 3.09. The molecule has 18 heavy (non-hydrogen) atoms. The van der Waals surface area contributed by atoms with Crippen molar-refractivity contribution in [1.82, 2.24) is 10.3 Å². The Morgan fingerprint density at radius 2 is 2.11 bits per heavy atom. The Morgan fingerprint density at radius 3 is 2.61 bits per heavy atom. The number of hydrogen-bond acceptors (Lipinski definition) is 4. The summed E-state index contributed by atoms with van der Waals surface area (Å²) >= 11 is 0. The fourth-order valence-electron chi connectivity index (χ4n) is 1.60. The second kappa shape index (κ2) is 4.13. The number of pyridine rings is 1. The smallest absolute Gasteiger partial charge is 0.338 e. The number of alkyl halides is 3. The molecule has 1 aliphatic carbocycles. The van der Waals surface area contributed by atoms with E-state index in [0.29, 0.717) is 0 Å². The number of nitrogens with two attached hydrogens (primary N) is 1. The summed E-state index contributed by atoms with van der Waals surface area (Å²) in [6.07, 6.45) is -2.06. The number of aromatic nitrogens is 1. The van der Waals surface area contributed by atoms with E-state index in [0.717, 1.165) is 0 Å². The minimum absolute atomic E-state index is 0.0306. The van der Waals surface area contributed by atoms with Gasteiger partial charge in [-0.2, -0.15) is 13.2 Å². The maximum atomic E-state index is 12.7. The first-order valence-electron chi connectivity index (χ1n) is 5.19. The van der Waals surface area contributed by atoms with Crippen molar-refractivity contribution in [2.75, 3.05) is 5.43 Å². The summed E-state index contributed by atoms with van der Waals surface area (Å²) in [5.41, 5.74) is 0.337. The number of rotatable bonds is 3. The summed E-state index contributed by atoms with van der Waals surface area (Å²) in [5, 5.41) is 2.01. The molecule has 1 amide bonds. The highest BCUT2D eigenvalue weighted by atomic mass is 19.4. The van der Waals surface area contributed by atoms with Gasteiger partial charge in [0.1, 0.15) is 5.54 Å². The van der Waals surface area contributed by atoms with Crippen LogP contribution in [0.5, 0.6) is 0 Å². The third-order valence-electron chi connectivity index (χ3n) is 2.87. The molecule has 0 aliphatic heterocycles. The van der Waals surface area contributed by atoms with Gasteiger partial charge in [0.15, 0.2) is 0 Å². The highest BCUT2D eigenvalue weighted by Crippen LogP contribution is 2.49. The van der Waals surface area contributed by atoms with Crippen LogP contribution in [-0.4, -0.2) is 22.6 Å². The predicted octanol–water partition coefficient (Wildman–Crippen LogP) is 1.19. The number of hydrazine groups is 1. The molecule has 1 aromatic heterocycles. The molecular weight excluding hydrogens is 249 g/mol. The lowest BCUT2D eigenvalue weighted by Crippen LogP contribution is -2.48. The fourth-order valence-corrected chi connectivity index (χ4v) is 1.60. The molecular formula is C10H11F3N4O. The van der Waals surface area contributed by atoms with Gasteiger partial charge in [0, 0.05) is 6.20 Å². The van der Waals surface area contributed by atoms with Crippen molar-refractivity contribution in [3.63, 3.8) is 0 Å². The van der Waals surface area contributed by atoms with Crippen molar-refractivity contribution in [2.24, 2.45) is 5.84 Å². The van der Waals surface area contributed by atoms with Gasteiger partial charge in [-0.3, -0.25) is 15.6 Å². The number of hydrogen-bond donors (Lipinski definition) is 3. The van der Waals surface area contributed by atoms with E-state index in [1.54, 1.807) is 0 Å². The number of nitrogen functional groups attached to an aromatic ring is 1. The van der Waals surface area contributed by atoms with E-state index in [9.17, 15) is 18.0 Å². The summed E-state index contributed by atoms with van der Waals surface area (Å²) in [6, 6.07) is 1.30. The predicted molar refractivity (Wildman–Crippen MR) is 57.5 cm³/mol. The molecule has 0 saturated heterocycles. The van der Waals surface area contributed by atoms with E-state index in [1.165, 1.54) is 18.5 Å². The van der Waals surface area contributed by atoms with Crippen LogP contribution in [0.1, 0.15) is 23.2 Å². The van der Waals surface area contributed by atoms with Crippen LogP contribution in [-0.2, 0) is 0 Å². The zero-order valence-electron chi connectivity index (χ0n) is 9.21. The van der Waals surface area contributed by atoms with Crippen molar-refractivity contribution >= 4 is 11.6 Å². The Kier molecular flexibility index (Phi) is 2.89. The van der Waals surface area contributed by atoms with Crippen LogP contribution < -0.4 is 16.6 Å². The third-order valence-corrected chi connectivity index (χ3v) is 2.87. The van der Waals surface area contributed by atoms with Crippen LogP contribution in [0.2, 0.25) is 0 Å². The van der Waals surface area contributed by atoms with Gasteiger partial charge in [0.05, 0.1) is 17.4 Å². The van der Waals surface area contributed by atoms with Gasteiger partial charge in [0.25, 0.3) is 5.91 Å². The maximum absolute atomic E-state index is 12.7. The number of amides is 1. The summed E-state index contributed by atoms with van der Waals surface area (Å²) in [7, 11) is 0. The Bertz CT molecular complexity index is 470. The van der Waals surface area contributed by atoms with Crippen molar-refractivity contribution in [2.45, 2.75) is 24.6 Å². The van der Waals surface area contributed by atoms with E-state index < -0.39 is 17.6 Å². The second-order valence-electron chi connectivity index (χ2n) is 4.10. The molecule has 0 radical (unpaired) electrons. The Labute approximate surface area is 101 Å². The number of halogens is 3. The molecule has 0 spiro atoms. The number of nitrogens with one attached hydrogen (secondary N) is 2. The van der Waals surface area contributed by atoms with Gasteiger partial charge in [0.2, 0.25) is 0 Å². The molecule has 1 saturated carbocycles. The third kappa shape index (κ3) is 2.10. The van der Waals surface area contributed by atoms with Gasteiger partial charge < -0.3 is 10.7 Å². The van der Waals surface area contributed by atoms with Crippen molar-refractivity contribution in [3.05, 3.63) is 24.0 Å². The molecule has 4 N–H and O–H groups in total. The van der Waals surface area contributed by atoms with Crippen LogP contribution in [0.15, 0.2) is 18.5 Å². The van der Waals surface area contributed by atoms with E-state index in [4.69, 9.17) is 5.84 Å². The molecule has 8 heteroatoms. The molecule has 98 valence electrons. The normalized spacial score (nSPS) is 17.1. The largest absolute Gasteiger partial charge is 0.411 e. The summed E-state index contributed by atoms with van der Waals surface area (Å²) in [6.45, 7) is 0. The first-order valence-corrected chi connectivity index (χ1v) is 5.19. The van der Waals surface area contributed by atoms with E-state index in [1.807, 2.05) is 5.32 Å². The van der Waals surface area contributed by atoms with Crippen LogP contribution in [0.3, 0.4) is 0 Å². The van der Waals surface area contributed by atoms with Crippen molar-refractivity contribution in [1.29, 1.82) is 0 Å². The number of nitrogens with zero attached hydrogens (tertiary/aromatic N) is 1. The molecule has 0 unspecified atom stereocenters. The molecule has 0 atom stereocenters. The highest BCUT2D eigenvalue weighted by Gasteiger charge is 2.64. The van der Waals surface area contributed by atoms with Crippen molar-refractivity contribution in [3.8, 4) is 0 Å². The molecule has 1 aromatic rings. The number of carbonyl (C=O) groups excluding carboxylic acids is 1. The molecule has 0 bridgehead atoms. The van der Waals surface area contributed by atoms with Gasteiger partial charge in [-0.05, 0) is 18.9 Å². The Hall–Kier alpha value is -1.83. The molecule has 1 aliphatic rings. The van der Waals surface area contributed by atoms with Gasteiger partial charge >= 0.3 is 6.18 Å². The van der Waals surface area contributed by atoms with Crippen LogP contribution in [0, 0.1) is 0 Å². The topological polar surface area (TPSA) is 80.0 Å². The summed E-state index contributed by atoms with van der Waals surface area (Å²) in [5.74, 6) is 4.34. The van der Waals surface area contributed by atoms with E-state index in [-0.39, 0.29) is 24.1 Å². The number of anilines is 1. The standard InChI is InChI=1S/C10H11F3N4O/c11-10(12,13)9(2-3-9)16-8(18)6-1-4-15-5-7(6)17-14/h1,4-5,17H,2-3,14H2,(H,16,18). The first kappa shape index (κ1) is 12.6. The lowest BCUT2D eigenvalue weighted by atomic mass is 10.2. The van der Waals surface area contributed by atoms with Gasteiger partial charge in [-0.15, -0.1) is 0 Å². The quantitative estimate of drug-likeness (QED) is 0.563. The molecule has 5 nitrogen and oxygen atoms in total. The van der Waals surface area contributed by atoms with E-state index >= 15 is 0 Å². The van der Waals surface area contributed by atoms with Crippen molar-refractivity contribution < 1.29 is 18.0 Å². The Balaban J connectivity index is 2.19. The minimum Gasteiger partial charge on any atom is -0.338 e. The molecule has 0 aromatic carbocycles. The lowest BCUT2D eigenvalue weighted by Gasteiger charge is -2.21. The van der Waals surface area contributed by atoms with Crippen LogP contribution in [0.4, 0.5) is 18.9 Å². The Morgan fingerprint density at radius 1 is 1.44 bits per heavy atom. The minimum atomic E-state index is -4.44. The first-order chi connectivity index (χ1) is 8.39. The van der Waals surface area contributed by atoms with Gasteiger partial charge in [-0.25, -0.2) is 0 Å². The summed E-state index contributed by atoms with van der Waals surface area (Å²) in [4.78, 5) is 15.5. The average molecular weight is 260 g/mol. The fraction of sp³-hybridized carbons (Fsp3) is 0.400. The zero-order valence-corrected chi connectivity index (χ0v) is 9.21. The monoisotopic (exact) mass is 260 g/mol. The van der Waals surface area contributed by atoms with E-state index in [2.05, 4.69) is 10.4 Å². The highest BCUT2D eigenvalue weighted by molar-refractivity contribution is 5.99. The SMILES string of the molecule is NNc1cnccc1C(=O)NC1(C(F)(F)F)CC1. The lowest BCUT2D eigenvalue weighted by molar-refractivity contribution is -0.163. The van der Waals surface area contributed by atoms with Crippen LogP contribution in [0.25, 0.3) is 0 Å². The number of carbonyl (C=O) groups is 1. The second-order valence-corrected chi connectivity index (χ2v) is 4.10. The summed E-state index contributed by atoms with van der Waals surface area (Å²) < 4.78 is 38.1. The van der Waals surface area contributed by atoms with Gasteiger partial charge in [-0.1, -0.05) is 0 Å².